The molecule has 0 bridgehead atoms. The molecule has 0 amide bonds. The van der Waals surface area contributed by atoms with Crippen molar-refractivity contribution in [3.63, 3.8) is 0 Å². The van der Waals surface area contributed by atoms with E-state index in [2.05, 4.69) is 16.4 Å². The van der Waals surface area contributed by atoms with Crippen LogP contribution in [0.25, 0.3) is 11.1 Å². The molecule has 1 atom stereocenters. The van der Waals surface area contributed by atoms with Crippen molar-refractivity contribution in [3.8, 4) is 16.9 Å². The number of nitrogens with two attached hydrogens (primary N) is 1. The van der Waals surface area contributed by atoms with E-state index in [0.29, 0.717) is 17.6 Å². The third-order valence-electron chi connectivity index (χ3n) is 4.29. The minimum atomic E-state index is 0.305. The van der Waals surface area contributed by atoms with Gasteiger partial charge in [0.1, 0.15) is 11.6 Å². The Morgan fingerprint density at radius 2 is 2.09 bits per heavy atom. The van der Waals surface area contributed by atoms with E-state index < -0.39 is 0 Å². The van der Waals surface area contributed by atoms with E-state index in [1.54, 1.807) is 12.3 Å². The van der Waals surface area contributed by atoms with E-state index in [0.717, 1.165) is 36.1 Å². The second kappa shape index (κ2) is 6.79. The van der Waals surface area contributed by atoms with Crippen molar-refractivity contribution in [1.29, 1.82) is 0 Å². The molecule has 1 saturated heterocycles. The van der Waals surface area contributed by atoms with Crippen LogP contribution in [0.1, 0.15) is 31.2 Å². The normalized spacial score (nSPS) is 18.3. The fourth-order valence-corrected chi connectivity index (χ4v) is 3.12. The largest absolute Gasteiger partial charge is 0.508 e. The number of anilines is 1. The summed E-state index contributed by atoms with van der Waals surface area (Å²) in [5.41, 5.74) is 8.88. The lowest BCUT2D eigenvalue weighted by molar-refractivity contribution is 0.382. The zero-order valence-electron chi connectivity index (χ0n) is 12.8. The number of aromatic hydroxyl groups is 1. The van der Waals surface area contributed by atoms with Crippen molar-refractivity contribution in [2.75, 3.05) is 12.3 Å². The van der Waals surface area contributed by atoms with Crippen molar-refractivity contribution < 1.29 is 5.11 Å². The minimum Gasteiger partial charge on any atom is -0.508 e. The lowest BCUT2D eigenvalue weighted by atomic mass is 9.96. The molecule has 2 aromatic rings. The van der Waals surface area contributed by atoms with Crippen molar-refractivity contribution in [2.24, 2.45) is 0 Å². The fourth-order valence-electron chi connectivity index (χ4n) is 3.12. The molecule has 1 aliphatic heterocycles. The topological polar surface area (TPSA) is 71.2 Å². The Labute approximate surface area is 131 Å². The van der Waals surface area contributed by atoms with Gasteiger partial charge in [-0.25, -0.2) is 4.98 Å². The summed E-state index contributed by atoms with van der Waals surface area (Å²) in [6.45, 7) is 1.13. The summed E-state index contributed by atoms with van der Waals surface area (Å²) in [6, 6.07) is 10.1. The summed E-state index contributed by atoms with van der Waals surface area (Å²) in [4.78, 5) is 4.01. The number of nitrogens with zero attached hydrogens (tertiary/aromatic N) is 1. The van der Waals surface area contributed by atoms with Crippen LogP contribution in [-0.4, -0.2) is 22.7 Å². The van der Waals surface area contributed by atoms with Crippen LogP contribution in [0.2, 0.25) is 0 Å². The van der Waals surface area contributed by atoms with Gasteiger partial charge in [-0.3, -0.25) is 0 Å². The van der Waals surface area contributed by atoms with Gasteiger partial charge in [0.05, 0.1) is 0 Å². The molecular formula is C18H23N3O. The van der Waals surface area contributed by atoms with E-state index in [9.17, 15) is 5.11 Å². The van der Waals surface area contributed by atoms with E-state index in [1.807, 2.05) is 18.2 Å². The van der Waals surface area contributed by atoms with Crippen LogP contribution >= 0.6 is 0 Å². The molecule has 0 aliphatic carbocycles. The first-order chi connectivity index (χ1) is 10.7. The minimum absolute atomic E-state index is 0.305. The Morgan fingerprint density at radius 3 is 2.86 bits per heavy atom. The zero-order valence-corrected chi connectivity index (χ0v) is 12.8. The first kappa shape index (κ1) is 14.9. The quantitative estimate of drug-likeness (QED) is 0.811. The monoisotopic (exact) mass is 297 g/mol. The van der Waals surface area contributed by atoms with E-state index in [4.69, 9.17) is 5.73 Å². The molecule has 0 unspecified atom stereocenters. The average Bonchev–Trinajstić information content (AvgIpc) is 2.53. The van der Waals surface area contributed by atoms with Crippen LogP contribution in [0.3, 0.4) is 0 Å². The molecule has 116 valence electrons. The van der Waals surface area contributed by atoms with Crippen LogP contribution in [0.5, 0.6) is 5.75 Å². The molecule has 1 aromatic carbocycles. The van der Waals surface area contributed by atoms with Gasteiger partial charge in [0.25, 0.3) is 0 Å². The maximum absolute atomic E-state index is 10.00. The van der Waals surface area contributed by atoms with Gasteiger partial charge in [0, 0.05) is 12.2 Å². The number of nitrogens with one attached hydrogen (secondary N) is 1. The molecule has 1 aromatic heterocycles. The lowest BCUT2D eigenvalue weighted by Crippen LogP contribution is -2.34. The Kier molecular flexibility index (Phi) is 4.59. The Balaban J connectivity index is 1.74. The standard InChI is InChI=1S/C18H23N3O/c19-18-12-14(6-8-21-18)15-9-13(10-17(22)11-15)4-5-16-3-1-2-7-20-16/h6,8-12,16,20,22H,1-5,7H2,(H2,19,21)/t16-/m0/s1. The SMILES string of the molecule is Nc1cc(-c2cc(O)cc(CC[C@@H]3CCCCN3)c2)ccn1. The van der Waals surface area contributed by atoms with E-state index in [-0.39, 0.29) is 0 Å². The number of pyridine rings is 1. The summed E-state index contributed by atoms with van der Waals surface area (Å²) >= 11 is 0. The second-order valence-corrected chi connectivity index (χ2v) is 6.04. The third-order valence-corrected chi connectivity index (χ3v) is 4.29. The summed E-state index contributed by atoms with van der Waals surface area (Å²) in [7, 11) is 0. The average molecular weight is 297 g/mol. The number of aryl methyl sites for hydroxylation is 1. The molecule has 3 rings (SSSR count). The number of phenols is 1. The summed E-state index contributed by atoms with van der Waals surface area (Å²) in [5.74, 6) is 0.799. The maximum atomic E-state index is 10.00. The number of benzene rings is 1. The van der Waals surface area contributed by atoms with Gasteiger partial charge in [-0.2, -0.15) is 0 Å². The molecule has 0 saturated carbocycles. The number of hydrogen-bond acceptors (Lipinski definition) is 4. The summed E-state index contributed by atoms with van der Waals surface area (Å²) in [5, 5.41) is 13.6. The molecule has 1 fully saturated rings. The summed E-state index contributed by atoms with van der Waals surface area (Å²) in [6.07, 6.45) is 7.64. The second-order valence-electron chi connectivity index (χ2n) is 6.04. The number of hydrogen-bond donors (Lipinski definition) is 3. The zero-order chi connectivity index (χ0) is 15.4. The van der Waals surface area contributed by atoms with Gasteiger partial charge >= 0.3 is 0 Å². The Hall–Kier alpha value is -2.07. The number of aromatic nitrogens is 1. The third kappa shape index (κ3) is 3.77. The Morgan fingerprint density at radius 1 is 1.18 bits per heavy atom. The highest BCUT2D eigenvalue weighted by Crippen LogP contribution is 2.27. The molecular weight excluding hydrogens is 274 g/mol. The van der Waals surface area contributed by atoms with Gasteiger partial charge in [0.2, 0.25) is 0 Å². The molecule has 4 nitrogen and oxygen atoms in total. The highest BCUT2D eigenvalue weighted by atomic mass is 16.3. The fraction of sp³-hybridized carbons (Fsp3) is 0.389. The molecule has 4 N–H and O–H groups in total. The van der Waals surface area contributed by atoms with Crippen molar-refractivity contribution >= 4 is 5.82 Å². The van der Waals surface area contributed by atoms with E-state index in [1.165, 1.54) is 19.3 Å². The highest BCUT2D eigenvalue weighted by molar-refractivity contribution is 5.68. The summed E-state index contributed by atoms with van der Waals surface area (Å²) < 4.78 is 0. The number of rotatable bonds is 4. The van der Waals surface area contributed by atoms with Gasteiger partial charge < -0.3 is 16.2 Å². The van der Waals surface area contributed by atoms with Gasteiger partial charge in [0.15, 0.2) is 0 Å². The van der Waals surface area contributed by atoms with Crippen LogP contribution in [0.15, 0.2) is 36.5 Å². The first-order valence-electron chi connectivity index (χ1n) is 7.99. The van der Waals surface area contributed by atoms with Crippen LogP contribution in [-0.2, 0) is 6.42 Å². The van der Waals surface area contributed by atoms with Crippen molar-refractivity contribution in [2.45, 2.75) is 38.1 Å². The molecule has 4 heteroatoms. The van der Waals surface area contributed by atoms with E-state index >= 15 is 0 Å². The van der Waals surface area contributed by atoms with Crippen LogP contribution in [0.4, 0.5) is 5.82 Å². The van der Waals surface area contributed by atoms with Crippen molar-refractivity contribution in [1.82, 2.24) is 10.3 Å². The lowest BCUT2D eigenvalue weighted by Gasteiger charge is -2.23. The van der Waals surface area contributed by atoms with Crippen LogP contribution in [0, 0.1) is 0 Å². The van der Waals surface area contributed by atoms with Crippen molar-refractivity contribution in [3.05, 3.63) is 42.1 Å². The predicted octanol–water partition coefficient (Wildman–Crippen LogP) is 3.11. The maximum Gasteiger partial charge on any atom is 0.123 e. The first-order valence-corrected chi connectivity index (χ1v) is 7.99. The van der Waals surface area contributed by atoms with Gasteiger partial charge in [-0.1, -0.05) is 12.5 Å². The smallest absolute Gasteiger partial charge is 0.123 e. The molecule has 22 heavy (non-hydrogen) atoms. The molecule has 2 heterocycles. The highest BCUT2D eigenvalue weighted by Gasteiger charge is 2.12. The Bertz CT molecular complexity index is 636. The number of piperidine rings is 1. The van der Waals surface area contributed by atoms with Gasteiger partial charge in [-0.15, -0.1) is 0 Å². The molecule has 0 radical (unpaired) electrons. The number of phenolic OH excluding ortho intramolecular Hbond substituents is 1. The molecule has 1 aliphatic rings. The number of nitrogen functional groups attached to an aromatic ring is 1. The molecule has 0 spiro atoms. The van der Waals surface area contributed by atoms with Crippen LogP contribution < -0.4 is 11.1 Å². The predicted molar refractivity (Wildman–Crippen MR) is 89.7 cm³/mol. The van der Waals surface area contributed by atoms with Gasteiger partial charge in [-0.05, 0) is 73.2 Å².